The van der Waals surface area contributed by atoms with E-state index in [0.29, 0.717) is 18.6 Å². The second kappa shape index (κ2) is 7.85. The molecule has 0 fully saturated rings. The van der Waals surface area contributed by atoms with Gasteiger partial charge in [-0.25, -0.2) is 0 Å². The van der Waals surface area contributed by atoms with E-state index in [-0.39, 0.29) is 18.0 Å². The molecule has 1 unspecified atom stereocenters. The third kappa shape index (κ3) is 4.18. The van der Waals surface area contributed by atoms with E-state index in [1.54, 1.807) is 6.92 Å². The molecular weight excluding hydrogens is 276 g/mol. The summed E-state index contributed by atoms with van der Waals surface area (Å²) in [4.78, 5) is 22.1. The molecule has 1 aromatic rings. The number of rotatable bonds is 7. The van der Waals surface area contributed by atoms with E-state index >= 15 is 0 Å². The Bertz CT molecular complexity index is 565. The van der Waals surface area contributed by atoms with Gasteiger partial charge in [0, 0.05) is 6.07 Å². The molecule has 0 saturated heterocycles. The summed E-state index contributed by atoms with van der Waals surface area (Å²) in [5.74, 6) is -1.77. The topological polar surface area (TPSA) is 102 Å². The monoisotopic (exact) mass is 292 g/mol. The van der Waals surface area contributed by atoms with Crippen LogP contribution in [0.3, 0.4) is 0 Å². The van der Waals surface area contributed by atoms with Gasteiger partial charge in [0.15, 0.2) is 11.7 Å². The highest BCUT2D eigenvalue weighted by atomic mass is 16.6. The molecule has 1 aromatic carbocycles. The summed E-state index contributed by atoms with van der Waals surface area (Å²) in [6, 6.07) is 5.77. The molecule has 21 heavy (non-hydrogen) atoms. The zero-order valence-electron chi connectivity index (χ0n) is 11.9. The van der Waals surface area contributed by atoms with Crippen LogP contribution in [0.1, 0.15) is 31.7 Å². The molecular formula is C14H16N2O5. The van der Waals surface area contributed by atoms with Crippen molar-refractivity contribution >= 4 is 11.7 Å². The van der Waals surface area contributed by atoms with E-state index in [4.69, 9.17) is 14.7 Å². The van der Waals surface area contributed by atoms with Crippen LogP contribution in [0.4, 0.5) is 5.69 Å². The number of nitrogens with zero attached hydrogens (tertiary/aromatic N) is 2. The summed E-state index contributed by atoms with van der Waals surface area (Å²) in [5.41, 5.74) is 0.111. The number of ether oxygens (including phenoxy) is 2. The van der Waals surface area contributed by atoms with Crippen LogP contribution in [0, 0.1) is 21.4 Å². The maximum Gasteiger partial charge on any atom is 0.327 e. The molecule has 0 heterocycles. The number of esters is 1. The fraction of sp³-hybridized carbons (Fsp3) is 0.429. The molecule has 0 saturated carbocycles. The standard InChI is InChI=1S/C14H16N2O5/c1-3-7-21-13-8-10(5-6-12(13)16(18)19)11(9-15)14(17)20-4-2/h5-6,8,11H,3-4,7H2,1-2H3. The minimum absolute atomic E-state index is 0.0453. The quantitative estimate of drug-likeness (QED) is 0.434. The van der Waals surface area contributed by atoms with E-state index in [1.807, 2.05) is 13.0 Å². The van der Waals surface area contributed by atoms with Gasteiger partial charge in [-0.1, -0.05) is 6.92 Å². The molecule has 0 aliphatic carbocycles. The van der Waals surface area contributed by atoms with Gasteiger partial charge in [-0.15, -0.1) is 0 Å². The lowest BCUT2D eigenvalue weighted by atomic mass is 10.00. The second-order valence-corrected chi connectivity index (χ2v) is 4.15. The van der Waals surface area contributed by atoms with Crippen molar-refractivity contribution in [2.24, 2.45) is 0 Å². The van der Waals surface area contributed by atoms with Crippen LogP contribution < -0.4 is 4.74 Å². The van der Waals surface area contributed by atoms with Crippen molar-refractivity contribution in [2.75, 3.05) is 13.2 Å². The van der Waals surface area contributed by atoms with Gasteiger partial charge < -0.3 is 9.47 Å². The Kier molecular flexibility index (Phi) is 6.14. The fourth-order valence-electron chi connectivity index (χ4n) is 1.68. The first-order chi connectivity index (χ1) is 10.0. The lowest BCUT2D eigenvalue weighted by molar-refractivity contribution is -0.385. The largest absolute Gasteiger partial charge is 0.487 e. The van der Waals surface area contributed by atoms with Crippen molar-refractivity contribution in [3.63, 3.8) is 0 Å². The third-order valence-corrected chi connectivity index (χ3v) is 2.63. The SMILES string of the molecule is CCCOc1cc(C(C#N)C(=O)OCC)ccc1[N+](=O)[O-]. The Balaban J connectivity index is 3.16. The van der Waals surface area contributed by atoms with E-state index < -0.39 is 16.8 Å². The van der Waals surface area contributed by atoms with Crippen molar-refractivity contribution in [2.45, 2.75) is 26.2 Å². The summed E-state index contributed by atoms with van der Waals surface area (Å²) in [6.07, 6.45) is 0.681. The Labute approximate surface area is 122 Å². The molecule has 112 valence electrons. The summed E-state index contributed by atoms with van der Waals surface area (Å²) < 4.78 is 10.1. The maximum atomic E-state index is 11.7. The predicted molar refractivity (Wildman–Crippen MR) is 73.9 cm³/mol. The first kappa shape index (κ1) is 16.4. The smallest absolute Gasteiger partial charge is 0.327 e. The molecule has 0 aromatic heterocycles. The molecule has 7 heteroatoms. The molecule has 0 aliphatic rings. The highest BCUT2D eigenvalue weighted by Crippen LogP contribution is 2.31. The molecule has 1 atom stereocenters. The predicted octanol–water partition coefficient (Wildman–Crippen LogP) is 2.55. The van der Waals surface area contributed by atoms with Crippen LogP contribution in [0.5, 0.6) is 5.75 Å². The molecule has 0 N–H and O–H groups in total. The summed E-state index contributed by atoms with van der Waals surface area (Å²) >= 11 is 0. The first-order valence-electron chi connectivity index (χ1n) is 6.52. The number of nitriles is 1. The number of nitro groups is 1. The van der Waals surface area contributed by atoms with Crippen molar-refractivity contribution in [1.29, 1.82) is 5.26 Å². The molecule has 0 amide bonds. The van der Waals surface area contributed by atoms with Crippen LogP contribution in [0.2, 0.25) is 0 Å². The normalized spacial score (nSPS) is 11.3. The average Bonchev–Trinajstić information content (AvgIpc) is 2.46. The molecule has 0 radical (unpaired) electrons. The molecule has 0 spiro atoms. The van der Waals surface area contributed by atoms with E-state index in [0.717, 1.165) is 0 Å². The van der Waals surface area contributed by atoms with Crippen molar-refractivity contribution in [1.82, 2.24) is 0 Å². The highest BCUT2D eigenvalue weighted by Gasteiger charge is 2.25. The Hall–Kier alpha value is -2.62. The minimum Gasteiger partial charge on any atom is -0.487 e. The van der Waals surface area contributed by atoms with E-state index in [9.17, 15) is 14.9 Å². The molecule has 7 nitrogen and oxygen atoms in total. The Morgan fingerprint density at radius 1 is 1.48 bits per heavy atom. The minimum atomic E-state index is -1.13. The Morgan fingerprint density at radius 3 is 2.71 bits per heavy atom. The maximum absolute atomic E-state index is 11.7. The summed E-state index contributed by atoms with van der Waals surface area (Å²) in [7, 11) is 0. The number of hydrogen-bond acceptors (Lipinski definition) is 6. The van der Waals surface area contributed by atoms with Gasteiger partial charge in [-0.2, -0.15) is 5.26 Å². The highest BCUT2D eigenvalue weighted by molar-refractivity contribution is 5.81. The lowest BCUT2D eigenvalue weighted by Crippen LogP contribution is -2.14. The average molecular weight is 292 g/mol. The number of benzene rings is 1. The van der Waals surface area contributed by atoms with E-state index in [1.165, 1.54) is 18.2 Å². The van der Waals surface area contributed by atoms with Gasteiger partial charge >= 0.3 is 11.7 Å². The van der Waals surface area contributed by atoms with Crippen LogP contribution in [-0.4, -0.2) is 24.1 Å². The number of carbonyl (C=O) groups excluding carboxylic acids is 1. The Morgan fingerprint density at radius 2 is 2.19 bits per heavy atom. The van der Waals surface area contributed by atoms with Gasteiger partial charge in [0.2, 0.25) is 0 Å². The van der Waals surface area contributed by atoms with Crippen molar-refractivity contribution < 1.29 is 19.2 Å². The lowest BCUT2D eigenvalue weighted by Gasteiger charge is -2.11. The second-order valence-electron chi connectivity index (χ2n) is 4.15. The molecule has 0 bridgehead atoms. The van der Waals surface area contributed by atoms with Gasteiger partial charge in [-0.3, -0.25) is 14.9 Å². The van der Waals surface area contributed by atoms with Crippen LogP contribution in [0.15, 0.2) is 18.2 Å². The van der Waals surface area contributed by atoms with Crippen LogP contribution in [0.25, 0.3) is 0 Å². The van der Waals surface area contributed by atoms with Gasteiger partial charge in [0.05, 0.1) is 24.2 Å². The van der Waals surface area contributed by atoms with Gasteiger partial charge in [-0.05, 0) is 31.0 Å². The third-order valence-electron chi connectivity index (χ3n) is 2.63. The summed E-state index contributed by atoms with van der Waals surface area (Å²) in [6.45, 7) is 3.97. The number of carbonyl (C=O) groups is 1. The number of nitro benzene ring substituents is 1. The first-order valence-corrected chi connectivity index (χ1v) is 6.52. The zero-order chi connectivity index (χ0) is 15.8. The molecule has 0 aliphatic heterocycles. The zero-order valence-corrected chi connectivity index (χ0v) is 11.9. The van der Waals surface area contributed by atoms with Gasteiger partial charge in [0.25, 0.3) is 0 Å². The number of hydrogen-bond donors (Lipinski definition) is 0. The van der Waals surface area contributed by atoms with E-state index in [2.05, 4.69) is 0 Å². The molecule has 1 rings (SSSR count). The van der Waals surface area contributed by atoms with Crippen molar-refractivity contribution in [3.05, 3.63) is 33.9 Å². The fourth-order valence-corrected chi connectivity index (χ4v) is 1.68. The van der Waals surface area contributed by atoms with Crippen LogP contribution >= 0.6 is 0 Å². The van der Waals surface area contributed by atoms with Gasteiger partial charge in [0.1, 0.15) is 0 Å². The van der Waals surface area contributed by atoms with Crippen molar-refractivity contribution in [3.8, 4) is 11.8 Å². The van der Waals surface area contributed by atoms with Crippen LogP contribution in [-0.2, 0) is 9.53 Å². The summed E-state index contributed by atoms with van der Waals surface area (Å²) in [5, 5.41) is 20.0.